The number of ether oxygens (including phenoxy) is 3. The van der Waals surface area contributed by atoms with Gasteiger partial charge in [-0.05, 0) is 65.4 Å². The van der Waals surface area contributed by atoms with E-state index >= 15 is 0 Å². The fourth-order valence-corrected chi connectivity index (χ4v) is 7.28. The van der Waals surface area contributed by atoms with Gasteiger partial charge in [-0.15, -0.1) is 0 Å². The third-order valence-corrected chi connectivity index (χ3v) is 10.7. The highest BCUT2D eigenvalue weighted by Gasteiger charge is 2.48. The van der Waals surface area contributed by atoms with Crippen LogP contribution >= 0.6 is 15.9 Å². The molecule has 2 aliphatic rings. The summed E-state index contributed by atoms with van der Waals surface area (Å²) in [4.78, 5) is 49.5. The number of carbonyl (C=O) groups is 2. The van der Waals surface area contributed by atoms with Crippen LogP contribution < -0.4 is 26.4 Å². The third-order valence-electron chi connectivity index (χ3n) is 10.1. The second-order valence-electron chi connectivity index (χ2n) is 14.2. The minimum Gasteiger partial charge on any atom is -0.479 e. The molecule has 1 aliphatic carbocycles. The Morgan fingerprint density at radius 2 is 1.77 bits per heavy atom. The number of pyridine rings is 1. The molecule has 2 aromatic carbocycles. The Balaban J connectivity index is 0.928. The Kier molecular flexibility index (Phi) is 13.0. The van der Waals surface area contributed by atoms with E-state index in [-0.39, 0.29) is 24.2 Å². The topological polar surface area (TPSA) is 304 Å². The van der Waals surface area contributed by atoms with Crippen LogP contribution in [0.25, 0.3) is 16.9 Å². The van der Waals surface area contributed by atoms with Gasteiger partial charge in [-0.3, -0.25) is 15.1 Å². The molecule has 21 nitrogen and oxygen atoms in total. The molecule has 60 heavy (non-hydrogen) atoms. The van der Waals surface area contributed by atoms with Crippen LogP contribution in [0.1, 0.15) is 42.9 Å². The first-order valence-electron chi connectivity index (χ1n) is 18.8. The lowest BCUT2D eigenvalue weighted by Crippen LogP contribution is -2.61. The van der Waals surface area contributed by atoms with Gasteiger partial charge in [0, 0.05) is 48.6 Å². The molecule has 0 radical (unpaired) electrons. The number of fused-ring (bicyclic) bond motifs is 1. The van der Waals surface area contributed by atoms with E-state index in [4.69, 9.17) is 24.9 Å². The van der Waals surface area contributed by atoms with Gasteiger partial charge in [0.05, 0.1) is 21.3 Å². The number of aliphatic hydroxyl groups is 3. The minimum atomic E-state index is -1.98. The maximum absolute atomic E-state index is 13.0. The van der Waals surface area contributed by atoms with Crippen molar-refractivity contribution in [3.63, 3.8) is 0 Å². The van der Waals surface area contributed by atoms with Crippen LogP contribution in [0.3, 0.4) is 0 Å². The zero-order chi connectivity index (χ0) is 42.5. The van der Waals surface area contributed by atoms with E-state index in [1.807, 2.05) is 42.5 Å². The van der Waals surface area contributed by atoms with Crippen molar-refractivity contribution in [2.24, 2.45) is 5.73 Å². The smallest absolute Gasteiger partial charge is 0.408 e. The number of aromatic nitrogens is 5. The Hall–Kier alpha value is -6.04. The number of nitro benzene ring substituents is 1. The summed E-state index contributed by atoms with van der Waals surface area (Å²) >= 11 is 3.52. The third kappa shape index (κ3) is 9.54. The number of anilines is 2. The number of hydrogen-bond donors (Lipinski definition) is 8. The molecule has 22 heteroatoms. The first kappa shape index (κ1) is 42.1. The number of carboxylic acid groups (broad SMARTS) is 1. The Morgan fingerprint density at radius 1 is 1.02 bits per heavy atom. The summed E-state index contributed by atoms with van der Waals surface area (Å²) < 4.78 is 18.4. The van der Waals surface area contributed by atoms with Crippen molar-refractivity contribution in [1.29, 1.82) is 0 Å². The molecule has 0 unspecified atom stereocenters. The second-order valence-corrected chi connectivity index (χ2v) is 15.0. The Labute approximate surface area is 349 Å². The van der Waals surface area contributed by atoms with Gasteiger partial charge < -0.3 is 56.3 Å². The summed E-state index contributed by atoms with van der Waals surface area (Å²) in [6.07, 6.45) is -5.71. The van der Waals surface area contributed by atoms with Crippen molar-refractivity contribution in [2.45, 2.75) is 81.1 Å². The molecule has 9 N–H and O–H groups in total. The van der Waals surface area contributed by atoms with Gasteiger partial charge in [0.1, 0.15) is 24.4 Å². The lowest BCUT2D eigenvalue weighted by Gasteiger charge is -2.38. The van der Waals surface area contributed by atoms with Gasteiger partial charge in [0.2, 0.25) is 18.2 Å². The molecule has 1 saturated heterocycles. The fourth-order valence-electron chi connectivity index (χ4n) is 6.94. The lowest BCUT2D eigenvalue weighted by molar-refractivity contribution is -0.387. The molecular formula is C38H41BrN10O11. The number of benzene rings is 2. The van der Waals surface area contributed by atoms with Crippen molar-refractivity contribution >= 4 is 51.2 Å². The van der Waals surface area contributed by atoms with Crippen LogP contribution in [-0.4, -0.2) is 111 Å². The van der Waals surface area contributed by atoms with Gasteiger partial charge in [0.25, 0.3) is 0 Å². The number of aliphatic carboxylic acids is 1. The van der Waals surface area contributed by atoms with Crippen molar-refractivity contribution in [3.8, 4) is 17.0 Å². The average molecular weight is 894 g/mol. The van der Waals surface area contributed by atoms with Crippen LogP contribution in [0.15, 0.2) is 77.5 Å². The normalized spacial score (nSPS) is 23.3. The SMILES string of the molecule is NC[C@@H](OC(=O)NC1CCC(Nc2nc(NCc3ccc(-c4ccccn4)cc3)n3ncc(Br)c3n2)CC1)c1ccc(O[C@@H]2O[C@H](C(=O)O)[C@@H](O)[C@H](O)[C@H]2O)c([N+](=O)[O-])c1. The van der Waals surface area contributed by atoms with Gasteiger partial charge in [-0.1, -0.05) is 36.4 Å². The molecule has 2 fully saturated rings. The van der Waals surface area contributed by atoms with Crippen LogP contribution in [-0.2, 0) is 20.8 Å². The maximum Gasteiger partial charge on any atom is 0.408 e. The monoisotopic (exact) mass is 892 g/mol. The van der Waals surface area contributed by atoms with Crippen LogP contribution in [0.5, 0.6) is 5.75 Å². The van der Waals surface area contributed by atoms with Crippen LogP contribution in [0.4, 0.5) is 22.4 Å². The molecule has 7 rings (SSSR count). The number of nitrogens with two attached hydrogens (primary N) is 1. The highest BCUT2D eigenvalue weighted by molar-refractivity contribution is 9.10. The van der Waals surface area contributed by atoms with E-state index in [0.717, 1.165) is 29.0 Å². The standard InChI is InChI=1S/C38H41BrN10O11/c39-24-18-43-48-33(24)46-36(47-37(48)42-17-19-4-6-20(7-5-19)25-3-1-2-14-41-25)44-22-9-11-23(12-10-22)45-38(55)59-28(16-40)21-8-13-27(26(15-21)49(56)57)58-35-31(52)29(50)30(51)32(60-35)34(53)54/h1-8,13-15,18,22-23,28-32,35,50-52H,9-12,16-17,40H2,(H,45,55)(H,53,54)(H2,42,44,46,47)/t22?,23?,28-,29+,30+,31-,32+,35-/m1/s1. The summed E-state index contributed by atoms with van der Waals surface area (Å²) in [5, 5.41) is 65.7. The highest BCUT2D eigenvalue weighted by atomic mass is 79.9. The zero-order valence-electron chi connectivity index (χ0n) is 31.6. The van der Waals surface area contributed by atoms with E-state index in [1.54, 1.807) is 16.9 Å². The lowest BCUT2D eigenvalue weighted by atomic mass is 9.91. The van der Waals surface area contributed by atoms with E-state index < -0.39 is 65.2 Å². The van der Waals surface area contributed by atoms with Gasteiger partial charge in [0.15, 0.2) is 17.5 Å². The first-order chi connectivity index (χ1) is 28.9. The number of carbonyl (C=O) groups excluding carboxylic acids is 1. The first-order valence-corrected chi connectivity index (χ1v) is 19.6. The number of carboxylic acids is 1. The molecule has 4 heterocycles. The summed E-state index contributed by atoms with van der Waals surface area (Å²) in [5.74, 6) is -1.20. The molecule has 3 aromatic heterocycles. The largest absolute Gasteiger partial charge is 0.479 e. The van der Waals surface area contributed by atoms with Crippen molar-refractivity contribution in [1.82, 2.24) is 29.9 Å². The molecule has 1 aliphatic heterocycles. The number of aliphatic hydroxyl groups excluding tert-OH is 3. The molecular weight excluding hydrogens is 852 g/mol. The zero-order valence-corrected chi connectivity index (χ0v) is 33.2. The van der Waals surface area contributed by atoms with E-state index in [0.29, 0.717) is 54.2 Å². The van der Waals surface area contributed by atoms with Gasteiger partial charge >= 0.3 is 17.7 Å². The number of hydrogen-bond acceptors (Lipinski definition) is 17. The minimum absolute atomic E-state index is 0.00301. The predicted molar refractivity (Wildman–Crippen MR) is 215 cm³/mol. The fraction of sp³-hybridized carbons (Fsp3) is 0.368. The van der Waals surface area contributed by atoms with Crippen molar-refractivity contribution < 1.29 is 49.1 Å². The number of alkyl carbamates (subject to hydrolysis) is 1. The molecule has 0 spiro atoms. The van der Waals surface area contributed by atoms with E-state index in [9.17, 15) is 40.1 Å². The number of nitrogens with one attached hydrogen (secondary N) is 3. The quantitative estimate of drug-likeness (QED) is 0.0587. The van der Waals surface area contributed by atoms with E-state index in [1.165, 1.54) is 6.07 Å². The average Bonchev–Trinajstić information content (AvgIpc) is 3.63. The molecule has 6 atom stereocenters. The number of nitro groups is 1. The summed E-state index contributed by atoms with van der Waals surface area (Å²) in [5.41, 5.74) is 8.91. The second kappa shape index (κ2) is 18.5. The number of rotatable bonds is 14. The van der Waals surface area contributed by atoms with Crippen molar-refractivity contribution in [2.75, 3.05) is 17.2 Å². The Bertz CT molecular complexity index is 2310. The number of amides is 1. The summed E-state index contributed by atoms with van der Waals surface area (Å²) in [6.45, 7) is 0.249. The van der Waals surface area contributed by atoms with Gasteiger partial charge in [-0.2, -0.15) is 19.6 Å². The van der Waals surface area contributed by atoms with Crippen LogP contribution in [0.2, 0.25) is 0 Å². The molecule has 0 bridgehead atoms. The number of nitrogens with zero attached hydrogens (tertiary/aromatic N) is 6. The summed E-state index contributed by atoms with van der Waals surface area (Å²) in [6, 6.07) is 17.1. The Morgan fingerprint density at radius 3 is 2.45 bits per heavy atom. The molecule has 5 aromatic rings. The molecule has 1 amide bonds. The number of halogens is 1. The van der Waals surface area contributed by atoms with Gasteiger partial charge in [-0.25, -0.2) is 9.59 Å². The summed E-state index contributed by atoms with van der Waals surface area (Å²) in [7, 11) is 0. The predicted octanol–water partition coefficient (Wildman–Crippen LogP) is 2.89. The van der Waals surface area contributed by atoms with Crippen molar-refractivity contribution in [3.05, 3.63) is 98.8 Å². The molecule has 1 saturated carbocycles. The van der Waals surface area contributed by atoms with Crippen LogP contribution in [0, 0.1) is 10.1 Å². The maximum atomic E-state index is 13.0. The molecule has 316 valence electrons. The highest BCUT2D eigenvalue weighted by Crippen LogP contribution is 2.34. The van der Waals surface area contributed by atoms with E-state index in [2.05, 4.69) is 46.9 Å².